The van der Waals surface area contributed by atoms with Gasteiger partial charge in [0.25, 0.3) is 11.8 Å². The maximum atomic E-state index is 12.5. The van der Waals surface area contributed by atoms with Gasteiger partial charge < -0.3 is 14.8 Å². The van der Waals surface area contributed by atoms with Crippen molar-refractivity contribution in [3.8, 4) is 6.07 Å². The number of nitriles is 1. The third-order valence-corrected chi connectivity index (χ3v) is 4.55. The molecule has 1 aliphatic heterocycles. The molecule has 1 aromatic carbocycles. The Morgan fingerprint density at radius 2 is 2.11 bits per heavy atom. The number of carbonyl (C=O) groups is 2. The van der Waals surface area contributed by atoms with E-state index < -0.39 is 23.8 Å². The zero-order valence-corrected chi connectivity index (χ0v) is 15.1. The van der Waals surface area contributed by atoms with E-state index in [2.05, 4.69) is 15.8 Å². The van der Waals surface area contributed by atoms with Crippen LogP contribution in [0.2, 0.25) is 10.0 Å². The van der Waals surface area contributed by atoms with Gasteiger partial charge in [0.15, 0.2) is 5.60 Å². The van der Waals surface area contributed by atoms with Crippen molar-refractivity contribution >= 4 is 46.4 Å². The number of nitrogens with zero attached hydrogens (tertiary/aromatic N) is 2. The van der Waals surface area contributed by atoms with Crippen LogP contribution in [0.3, 0.4) is 0 Å². The SMILES string of the molecule is N#CCC(=O)N/N=C(/C[C@@]1(O)C(=O)Nc2c(Cl)ccc(Cl)c21)c1ccco1. The molecule has 2 aromatic rings. The molecule has 138 valence electrons. The second-order valence-corrected chi connectivity index (χ2v) is 6.49. The lowest BCUT2D eigenvalue weighted by Crippen LogP contribution is -2.37. The van der Waals surface area contributed by atoms with Gasteiger partial charge in [0, 0.05) is 17.0 Å². The Morgan fingerprint density at radius 3 is 2.78 bits per heavy atom. The summed E-state index contributed by atoms with van der Waals surface area (Å²) in [6.45, 7) is 0. The van der Waals surface area contributed by atoms with Crippen molar-refractivity contribution in [3.63, 3.8) is 0 Å². The zero-order valence-electron chi connectivity index (χ0n) is 13.6. The normalized spacial score (nSPS) is 18.6. The van der Waals surface area contributed by atoms with Crippen molar-refractivity contribution in [2.75, 3.05) is 5.32 Å². The summed E-state index contributed by atoms with van der Waals surface area (Å²) in [6, 6.07) is 7.78. The summed E-state index contributed by atoms with van der Waals surface area (Å²) in [7, 11) is 0. The van der Waals surface area contributed by atoms with E-state index in [1.807, 2.05) is 0 Å². The number of benzene rings is 1. The maximum Gasteiger partial charge on any atom is 0.261 e. The molecule has 0 unspecified atom stereocenters. The Morgan fingerprint density at radius 1 is 1.37 bits per heavy atom. The Labute approximate surface area is 163 Å². The molecule has 10 heteroatoms. The van der Waals surface area contributed by atoms with Crippen LogP contribution < -0.4 is 10.7 Å². The summed E-state index contributed by atoms with van der Waals surface area (Å²) in [5, 5.41) is 26.5. The fraction of sp³-hybridized carbons (Fsp3) is 0.176. The molecule has 0 spiro atoms. The molecule has 27 heavy (non-hydrogen) atoms. The Hall–Kier alpha value is -2.86. The van der Waals surface area contributed by atoms with Gasteiger partial charge in [0.2, 0.25) is 0 Å². The third-order valence-electron chi connectivity index (χ3n) is 3.92. The Balaban J connectivity index is 2.01. The summed E-state index contributed by atoms with van der Waals surface area (Å²) >= 11 is 12.3. The smallest absolute Gasteiger partial charge is 0.261 e. The maximum absolute atomic E-state index is 12.5. The van der Waals surface area contributed by atoms with E-state index in [1.54, 1.807) is 18.2 Å². The van der Waals surface area contributed by atoms with Gasteiger partial charge in [0.05, 0.1) is 23.0 Å². The zero-order chi connectivity index (χ0) is 19.6. The van der Waals surface area contributed by atoms with Crippen LogP contribution in [0.5, 0.6) is 0 Å². The predicted molar refractivity (Wildman–Crippen MR) is 97.2 cm³/mol. The van der Waals surface area contributed by atoms with Crippen LogP contribution in [0.4, 0.5) is 5.69 Å². The highest BCUT2D eigenvalue weighted by Gasteiger charge is 2.49. The third kappa shape index (κ3) is 3.53. The van der Waals surface area contributed by atoms with E-state index in [4.69, 9.17) is 32.9 Å². The number of furan rings is 1. The number of aliphatic hydroxyl groups is 1. The topological polar surface area (TPSA) is 128 Å². The number of hydrogen-bond donors (Lipinski definition) is 3. The molecule has 0 bridgehead atoms. The highest BCUT2D eigenvalue weighted by atomic mass is 35.5. The molecule has 0 radical (unpaired) electrons. The lowest BCUT2D eigenvalue weighted by Gasteiger charge is -2.22. The fourth-order valence-corrected chi connectivity index (χ4v) is 3.20. The van der Waals surface area contributed by atoms with Crippen molar-refractivity contribution < 1.29 is 19.1 Å². The first kappa shape index (κ1) is 18.9. The molecular weight excluding hydrogens is 395 g/mol. The van der Waals surface area contributed by atoms with Gasteiger partial charge in [-0.15, -0.1) is 0 Å². The average Bonchev–Trinajstić information content (AvgIpc) is 3.24. The van der Waals surface area contributed by atoms with Crippen molar-refractivity contribution in [2.45, 2.75) is 18.4 Å². The van der Waals surface area contributed by atoms with E-state index in [-0.39, 0.29) is 39.2 Å². The number of nitrogens with one attached hydrogen (secondary N) is 2. The van der Waals surface area contributed by atoms with E-state index in [0.29, 0.717) is 0 Å². The van der Waals surface area contributed by atoms with Crippen molar-refractivity contribution in [3.05, 3.63) is 51.9 Å². The molecule has 2 amide bonds. The molecule has 3 N–H and O–H groups in total. The number of amides is 2. The quantitative estimate of drug-likeness (QED) is 0.519. The van der Waals surface area contributed by atoms with Crippen LogP contribution in [-0.2, 0) is 15.2 Å². The van der Waals surface area contributed by atoms with Gasteiger partial charge in [-0.05, 0) is 24.3 Å². The molecule has 0 aliphatic carbocycles. The van der Waals surface area contributed by atoms with Crippen LogP contribution >= 0.6 is 23.2 Å². The monoisotopic (exact) mass is 406 g/mol. The number of hydrogen-bond acceptors (Lipinski definition) is 6. The molecule has 0 saturated heterocycles. The second kappa shape index (κ2) is 7.40. The molecule has 0 saturated carbocycles. The molecule has 2 heterocycles. The van der Waals surface area contributed by atoms with Crippen molar-refractivity contribution in [1.29, 1.82) is 5.26 Å². The van der Waals surface area contributed by atoms with Gasteiger partial charge in [-0.2, -0.15) is 10.4 Å². The Bertz CT molecular complexity index is 982. The summed E-state index contributed by atoms with van der Waals surface area (Å²) in [6.07, 6.45) is 0.620. The number of halogens is 2. The van der Waals surface area contributed by atoms with Crippen LogP contribution in [0, 0.1) is 11.3 Å². The van der Waals surface area contributed by atoms with Crippen LogP contribution in [-0.4, -0.2) is 22.6 Å². The molecule has 1 aromatic heterocycles. The molecule has 8 nitrogen and oxygen atoms in total. The molecule has 1 aliphatic rings. The minimum Gasteiger partial charge on any atom is -0.463 e. The van der Waals surface area contributed by atoms with E-state index >= 15 is 0 Å². The molecule has 1 atom stereocenters. The highest BCUT2D eigenvalue weighted by molar-refractivity contribution is 6.38. The summed E-state index contributed by atoms with van der Waals surface area (Å²) < 4.78 is 5.27. The average molecular weight is 407 g/mol. The van der Waals surface area contributed by atoms with Gasteiger partial charge in [-0.1, -0.05) is 23.2 Å². The number of anilines is 1. The lowest BCUT2D eigenvalue weighted by molar-refractivity contribution is -0.132. The minimum atomic E-state index is -2.08. The predicted octanol–water partition coefficient (Wildman–Crippen LogP) is 2.55. The van der Waals surface area contributed by atoms with Crippen LogP contribution in [0.25, 0.3) is 0 Å². The largest absolute Gasteiger partial charge is 0.463 e. The molecular formula is C17H12Cl2N4O4. The first-order valence-corrected chi connectivity index (χ1v) is 8.41. The van der Waals surface area contributed by atoms with Crippen LogP contribution in [0.1, 0.15) is 24.2 Å². The van der Waals surface area contributed by atoms with Gasteiger partial charge in [-0.25, -0.2) is 5.43 Å². The minimum absolute atomic E-state index is 0.0767. The van der Waals surface area contributed by atoms with Gasteiger partial charge in [-0.3, -0.25) is 9.59 Å². The summed E-state index contributed by atoms with van der Waals surface area (Å²) in [5.41, 5.74) is 0.516. The number of fused-ring (bicyclic) bond motifs is 1. The second-order valence-electron chi connectivity index (χ2n) is 5.68. The standard InChI is InChI=1S/C17H12Cl2N4O4/c18-9-3-4-10(19)15-14(9)17(26,16(25)21-15)8-11(12-2-1-7-27-12)22-23-13(24)5-6-20/h1-4,7,26H,5,8H2,(H,21,25)(H,23,24)/b22-11-/t17-/m0/s1. The number of hydrazone groups is 1. The first-order valence-electron chi connectivity index (χ1n) is 7.65. The lowest BCUT2D eigenvalue weighted by atomic mass is 9.89. The summed E-state index contributed by atoms with van der Waals surface area (Å²) in [5.74, 6) is -1.17. The van der Waals surface area contributed by atoms with E-state index in [0.717, 1.165) is 0 Å². The van der Waals surface area contributed by atoms with Gasteiger partial charge in [0.1, 0.15) is 17.9 Å². The van der Waals surface area contributed by atoms with E-state index in [9.17, 15) is 14.7 Å². The highest BCUT2D eigenvalue weighted by Crippen LogP contribution is 2.46. The van der Waals surface area contributed by atoms with Crippen LogP contribution in [0.15, 0.2) is 40.0 Å². The first-order chi connectivity index (χ1) is 12.9. The molecule has 3 rings (SSSR count). The number of rotatable bonds is 5. The number of carbonyl (C=O) groups excluding carboxylic acids is 2. The molecule has 0 fully saturated rings. The summed E-state index contributed by atoms with van der Waals surface area (Å²) in [4.78, 5) is 24.1. The van der Waals surface area contributed by atoms with E-state index in [1.165, 1.54) is 18.4 Å². The van der Waals surface area contributed by atoms with Crippen molar-refractivity contribution in [1.82, 2.24) is 5.43 Å². The van der Waals surface area contributed by atoms with Gasteiger partial charge >= 0.3 is 0 Å². The Kier molecular flexibility index (Phi) is 5.19. The van der Waals surface area contributed by atoms with Crippen molar-refractivity contribution in [2.24, 2.45) is 5.10 Å². The fourth-order valence-electron chi connectivity index (χ4n) is 2.69.